The molecule has 0 aromatic heterocycles. The Bertz CT molecular complexity index is 340. The topological polar surface area (TPSA) is 75.2 Å². The van der Waals surface area contributed by atoms with Crippen molar-refractivity contribution in [3.05, 3.63) is 0 Å². The summed E-state index contributed by atoms with van der Waals surface area (Å²) in [7, 11) is 3.36. The maximum atomic E-state index is 12.1. The van der Waals surface area contributed by atoms with Crippen molar-refractivity contribution < 1.29 is 14.3 Å². The second-order valence-electron chi connectivity index (χ2n) is 5.89. The number of nitrogens with zero attached hydrogens (tertiary/aromatic N) is 2. The lowest BCUT2D eigenvalue weighted by atomic mass is 10.2. The van der Waals surface area contributed by atoms with Crippen LogP contribution in [0.3, 0.4) is 0 Å². The summed E-state index contributed by atoms with van der Waals surface area (Å²) in [6.07, 6.45) is 0.610. The molecule has 130 valence electrons. The molecule has 0 aliphatic rings. The molecule has 0 spiro atoms. The van der Waals surface area contributed by atoms with E-state index in [4.69, 9.17) is 9.47 Å². The third-order valence-corrected chi connectivity index (χ3v) is 2.64. The van der Waals surface area contributed by atoms with Crippen LogP contribution in [0.5, 0.6) is 0 Å². The van der Waals surface area contributed by atoms with E-state index >= 15 is 0 Å². The standard InChI is InChI=1S/C15H32N4O3/c1-7-10-19(14(20)22-15(2,3)4)11-8-17-13(16-5)18-9-12-21-6/h7-12H2,1-6H3,(H2,16,17,18). The molecule has 0 radical (unpaired) electrons. The van der Waals surface area contributed by atoms with Crippen molar-refractivity contribution in [3.8, 4) is 0 Å². The van der Waals surface area contributed by atoms with Crippen LogP contribution in [0.1, 0.15) is 34.1 Å². The minimum absolute atomic E-state index is 0.279. The molecule has 0 aromatic carbocycles. The third kappa shape index (κ3) is 10.3. The quantitative estimate of drug-likeness (QED) is 0.403. The number of methoxy groups -OCH3 is 1. The van der Waals surface area contributed by atoms with Gasteiger partial charge >= 0.3 is 6.09 Å². The van der Waals surface area contributed by atoms with Crippen LogP contribution in [0.4, 0.5) is 4.79 Å². The number of hydrogen-bond acceptors (Lipinski definition) is 4. The van der Waals surface area contributed by atoms with Gasteiger partial charge in [0.15, 0.2) is 5.96 Å². The fourth-order valence-electron chi connectivity index (χ4n) is 1.69. The van der Waals surface area contributed by atoms with Crippen LogP contribution in [0.2, 0.25) is 0 Å². The molecule has 0 saturated carbocycles. The third-order valence-electron chi connectivity index (χ3n) is 2.64. The van der Waals surface area contributed by atoms with Crippen LogP contribution in [-0.4, -0.2) is 69.5 Å². The number of carbonyl (C=O) groups is 1. The highest BCUT2D eigenvalue weighted by Crippen LogP contribution is 2.09. The zero-order valence-corrected chi connectivity index (χ0v) is 14.9. The maximum Gasteiger partial charge on any atom is 0.410 e. The Morgan fingerprint density at radius 1 is 1.18 bits per heavy atom. The lowest BCUT2D eigenvalue weighted by molar-refractivity contribution is 0.0253. The van der Waals surface area contributed by atoms with E-state index in [1.807, 2.05) is 27.7 Å². The summed E-state index contributed by atoms with van der Waals surface area (Å²) in [5.74, 6) is 0.692. The maximum absolute atomic E-state index is 12.1. The number of amides is 1. The average Bonchev–Trinajstić information content (AvgIpc) is 2.42. The molecule has 0 aromatic rings. The van der Waals surface area contributed by atoms with E-state index in [1.165, 1.54) is 0 Å². The van der Waals surface area contributed by atoms with E-state index in [9.17, 15) is 4.79 Å². The van der Waals surface area contributed by atoms with Crippen LogP contribution in [0.15, 0.2) is 4.99 Å². The van der Waals surface area contributed by atoms with Crippen molar-refractivity contribution in [2.75, 3.05) is 46.9 Å². The van der Waals surface area contributed by atoms with Crippen LogP contribution in [-0.2, 0) is 9.47 Å². The highest BCUT2D eigenvalue weighted by atomic mass is 16.6. The molecule has 0 aliphatic carbocycles. The van der Waals surface area contributed by atoms with Crippen molar-refractivity contribution >= 4 is 12.1 Å². The minimum atomic E-state index is -0.478. The number of ether oxygens (including phenoxy) is 2. The Hall–Kier alpha value is -1.50. The van der Waals surface area contributed by atoms with E-state index < -0.39 is 5.60 Å². The number of aliphatic imine (C=N–C) groups is 1. The molecule has 0 aliphatic heterocycles. The Balaban J connectivity index is 4.26. The first-order valence-corrected chi connectivity index (χ1v) is 7.75. The van der Waals surface area contributed by atoms with Gasteiger partial charge in [-0.25, -0.2) is 4.79 Å². The summed E-state index contributed by atoms with van der Waals surface area (Å²) < 4.78 is 10.4. The molecule has 0 saturated heterocycles. The Morgan fingerprint density at radius 2 is 1.82 bits per heavy atom. The van der Waals surface area contributed by atoms with Crippen molar-refractivity contribution in [1.82, 2.24) is 15.5 Å². The van der Waals surface area contributed by atoms with Gasteiger partial charge < -0.3 is 25.0 Å². The first-order chi connectivity index (χ1) is 10.3. The molecule has 0 rings (SSSR count). The van der Waals surface area contributed by atoms with E-state index in [0.29, 0.717) is 38.7 Å². The summed E-state index contributed by atoms with van der Waals surface area (Å²) in [5, 5.41) is 6.29. The lowest BCUT2D eigenvalue weighted by Gasteiger charge is -2.27. The van der Waals surface area contributed by atoms with Gasteiger partial charge in [0.1, 0.15) is 5.60 Å². The number of nitrogens with one attached hydrogen (secondary N) is 2. The molecule has 7 nitrogen and oxygen atoms in total. The van der Waals surface area contributed by atoms with E-state index in [0.717, 1.165) is 6.42 Å². The molecule has 22 heavy (non-hydrogen) atoms. The average molecular weight is 316 g/mol. The molecule has 0 bridgehead atoms. The monoisotopic (exact) mass is 316 g/mol. The summed E-state index contributed by atoms with van der Waals surface area (Å²) >= 11 is 0. The Morgan fingerprint density at radius 3 is 2.32 bits per heavy atom. The molecule has 0 fully saturated rings. The highest BCUT2D eigenvalue weighted by molar-refractivity contribution is 5.79. The molecular formula is C15H32N4O3. The molecule has 0 atom stereocenters. The van der Waals surface area contributed by atoms with Crippen LogP contribution in [0, 0.1) is 0 Å². The molecule has 1 amide bonds. The van der Waals surface area contributed by atoms with Gasteiger partial charge in [0, 0.05) is 40.3 Å². The van der Waals surface area contributed by atoms with Gasteiger partial charge in [0.2, 0.25) is 0 Å². The zero-order valence-electron chi connectivity index (χ0n) is 14.9. The number of guanidine groups is 1. The van der Waals surface area contributed by atoms with Crippen LogP contribution >= 0.6 is 0 Å². The number of hydrogen-bond donors (Lipinski definition) is 2. The van der Waals surface area contributed by atoms with Gasteiger partial charge in [-0.2, -0.15) is 0 Å². The minimum Gasteiger partial charge on any atom is -0.444 e. The molecule has 7 heteroatoms. The van der Waals surface area contributed by atoms with Crippen molar-refractivity contribution in [3.63, 3.8) is 0 Å². The predicted molar refractivity (Wildman–Crippen MR) is 89.3 cm³/mol. The molecule has 2 N–H and O–H groups in total. The number of rotatable bonds is 8. The van der Waals surface area contributed by atoms with Gasteiger partial charge in [-0.15, -0.1) is 0 Å². The molecule has 0 heterocycles. The van der Waals surface area contributed by atoms with Gasteiger partial charge in [0.05, 0.1) is 6.61 Å². The first kappa shape index (κ1) is 20.5. The Labute approximate surface area is 134 Å². The zero-order chi connectivity index (χ0) is 17.0. The fraction of sp³-hybridized carbons (Fsp3) is 0.867. The van der Waals surface area contributed by atoms with Gasteiger partial charge in [-0.3, -0.25) is 4.99 Å². The van der Waals surface area contributed by atoms with Gasteiger partial charge in [0.25, 0.3) is 0 Å². The Kier molecular flexibility index (Phi) is 10.4. The van der Waals surface area contributed by atoms with Crippen molar-refractivity contribution in [1.29, 1.82) is 0 Å². The van der Waals surface area contributed by atoms with Crippen molar-refractivity contribution in [2.45, 2.75) is 39.7 Å². The fourth-order valence-corrected chi connectivity index (χ4v) is 1.69. The van der Waals surface area contributed by atoms with E-state index in [1.54, 1.807) is 19.1 Å². The van der Waals surface area contributed by atoms with Crippen molar-refractivity contribution in [2.24, 2.45) is 4.99 Å². The first-order valence-electron chi connectivity index (χ1n) is 7.75. The van der Waals surface area contributed by atoms with E-state index in [-0.39, 0.29) is 6.09 Å². The SMILES string of the molecule is CCCN(CCNC(=NC)NCCOC)C(=O)OC(C)(C)C. The summed E-state index contributed by atoms with van der Waals surface area (Å²) in [6.45, 7) is 10.8. The predicted octanol–water partition coefficient (Wildman–Crippen LogP) is 1.44. The molecule has 0 unspecified atom stereocenters. The van der Waals surface area contributed by atoms with Gasteiger partial charge in [-0.05, 0) is 27.2 Å². The lowest BCUT2D eigenvalue weighted by Crippen LogP contribution is -2.45. The van der Waals surface area contributed by atoms with E-state index in [2.05, 4.69) is 15.6 Å². The largest absolute Gasteiger partial charge is 0.444 e. The molecular weight excluding hydrogens is 284 g/mol. The second kappa shape index (κ2) is 11.1. The van der Waals surface area contributed by atoms with Crippen LogP contribution < -0.4 is 10.6 Å². The summed E-state index contributed by atoms with van der Waals surface area (Å²) in [5.41, 5.74) is -0.478. The smallest absolute Gasteiger partial charge is 0.410 e. The summed E-state index contributed by atoms with van der Waals surface area (Å²) in [4.78, 5) is 17.9. The van der Waals surface area contributed by atoms with Crippen LogP contribution in [0.25, 0.3) is 0 Å². The number of carbonyl (C=O) groups excluding carboxylic acids is 1. The summed E-state index contributed by atoms with van der Waals surface area (Å²) in [6, 6.07) is 0. The van der Waals surface area contributed by atoms with Gasteiger partial charge in [-0.1, -0.05) is 6.92 Å². The highest BCUT2D eigenvalue weighted by Gasteiger charge is 2.21. The second-order valence-corrected chi connectivity index (χ2v) is 5.89. The normalized spacial score (nSPS) is 12.0.